The standard InChI is InChI=1S/C11H14N2OS/c1-13-8-9(7-12-13)5-10(14)6-11-3-2-4-15-11/h2-4,7-8,10,14H,5-6H2,1H3. The Balaban J connectivity index is 1.90. The van der Waals surface area contributed by atoms with E-state index in [0.29, 0.717) is 6.42 Å². The number of aryl methyl sites for hydroxylation is 1. The summed E-state index contributed by atoms with van der Waals surface area (Å²) in [5, 5.41) is 16.0. The van der Waals surface area contributed by atoms with E-state index in [-0.39, 0.29) is 6.10 Å². The third-order valence-electron chi connectivity index (χ3n) is 2.25. The van der Waals surface area contributed by atoms with Crippen molar-refractivity contribution in [1.82, 2.24) is 9.78 Å². The molecule has 2 aromatic rings. The fourth-order valence-electron chi connectivity index (χ4n) is 1.58. The predicted molar refractivity (Wildman–Crippen MR) is 60.9 cm³/mol. The monoisotopic (exact) mass is 222 g/mol. The highest BCUT2D eigenvalue weighted by molar-refractivity contribution is 7.09. The van der Waals surface area contributed by atoms with Gasteiger partial charge in [-0.3, -0.25) is 4.68 Å². The summed E-state index contributed by atoms with van der Waals surface area (Å²) in [6, 6.07) is 4.06. The number of rotatable bonds is 4. The molecule has 15 heavy (non-hydrogen) atoms. The Labute approximate surface area is 93.0 Å². The highest BCUT2D eigenvalue weighted by atomic mass is 32.1. The molecular formula is C11H14N2OS. The summed E-state index contributed by atoms with van der Waals surface area (Å²) in [6.45, 7) is 0. The molecular weight excluding hydrogens is 208 g/mol. The summed E-state index contributed by atoms with van der Waals surface area (Å²) in [4.78, 5) is 1.23. The van der Waals surface area contributed by atoms with E-state index < -0.39 is 0 Å². The average Bonchev–Trinajstić information content (AvgIpc) is 2.77. The zero-order valence-electron chi connectivity index (χ0n) is 8.63. The van der Waals surface area contributed by atoms with Crippen LogP contribution in [0.1, 0.15) is 10.4 Å². The first kappa shape index (κ1) is 10.4. The minimum atomic E-state index is -0.312. The molecule has 0 saturated heterocycles. The fourth-order valence-corrected chi connectivity index (χ4v) is 2.36. The number of thiophene rings is 1. The molecule has 1 unspecified atom stereocenters. The van der Waals surface area contributed by atoms with Gasteiger partial charge in [-0.2, -0.15) is 5.10 Å². The molecule has 4 heteroatoms. The molecule has 2 heterocycles. The third-order valence-corrected chi connectivity index (χ3v) is 3.15. The lowest BCUT2D eigenvalue weighted by molar-refractivity contribution is 0.176. The molecule has 0 aromatic carbocycles. The van der Waals surface area contributed by atoms with Crippen LogP contribution in [0.15, 0.2) is 29.9 Å². The lowest BCUT2D eigenvalue weighted by Gasteiger charge is -2.06. The number of aliphatic hydroxyl groups excluding tert-OH is 1. The van der Waals surface area contributed by atoms with Gasteiger partial charge in [-0.15, -0.1) is 11.3 Å². The van der Waals surface area contributed by atoms with Gasteiger partial charge in [0.25, 0.3) is 0 Å². The van der Waals surface area contributed by atoms with Crippen molar-refractivity contribution in [2.45, 2.75) is 18.9 Å². The molecule has 2 aromatic heterocycles. The van der Waals surface area contributed by atoms with Gasteiger partial charge in [0, 0.05) is 31.0 Å². The maximum Gasteiger partial charge on any atom is 0.0629 e. The van der Waals surface area contributed by atoms with Crippen molar-refractivity contribution in [3.63, 3.8) is 0 Å². The molecule has 0 radical (unpaired) electrons. The van der Waals surface area contributed by atoms with Crippen LogP contribution < -0.4 is 0 Å². The van der Waals surface area contributed by atoms with Crippen LogP contribution in [0.4, 0.5) is 0 Å². The van der Waals surface area contributed by atoms with Crippen LogP contribution in [0.25, 0.3) is 0 Å². The van der Waals surface area contributed by atoms with Gasteiger partial charge >= 0.3 is 0 Å². The van der Waals surface area contributed by atoms with Gasteiger partial charge in [0.15, 0.2) is 0 Å². The van der Waals surface area contributed by atoms with Gasteiger partial charge in [0.2, 0.25) is 0 Å². The molecule has 0 aliphatic heterocycles. The molecule has 2 rings (SSSR count). The van der Waals surface area contributed by atoms with Crippen LogP contribution in [-0.2, 0) is 19.9 Å². The Morgan fingerprint density at radius 2 is 2.40 bits per heavy atom. The highest BCUT2D eigenvalue weighted by Crippen LogP contribution is 2.13. The van der Waals surface area contributed by atoms with E-state index in [2.05, 4.69) is 11.2 Å². The fraction of sp³-hybridized carbons (Fsp3) is 0.364. The van der Waals surface area contributed by atoms with Crippen molar-refractivity contribution < 1.29 is 5.11 Å². The first-order chi connectivity index (χ1) is 7.24. The van der Waals surface area contributed by atoms with Crippen LogP contribution in [0.3, 0.4) is 0 Å². The number of aliphatic hydroxyl groups is 1. The quantitative estimate of drug-likeness (QED) is 0.853. The summed E-state index contributed by atoms with van der Waals surface area (Å²) in [5.41, 5.74) is 1.08. The third kappa shape index (κ3) is 2.91. The first-order valence-electron chi connectivity index (χ1n) is 4.92. The lowest BCUT2D eigenvalue weighted by Crippen LogP contribution is -2.12. The molecule has 80 valence electrons. The second-order valence-electron chi connectivity index (χ2n) is 3.66. The topological polar surface area (TPSA) is 38.0 Å². The second-order valence-corrected chi connectivity index (χ2v) is 4.70. The SMILES string of the molecule is Cn1cc(CC(O)Cc2cccs2)cn1. The van der Waals surface area contributed by atoms with Gasteiger partial charge in [-0.1, -0.05) is 6.07 Å². The van der Waals surface area contributed by atoms with Crippen LogP contribution in [-0.4, -0.2) is 21.0 Å². The molecule has 1 N–H and O–H groups in total. The van der Waals surface area contributed by atoms with Crippen molar-refractivity contribution >= 4 is 11.3 Å². The molecule has 0 saturated carbocycles. The minimum Gasteiger partial charge on any atom is -0.392 e. The van der Waals surface area contributed by atoms with E-state index in [1.54, 1.807) is 22.2 Å². The van der Waals surface area contributed by atoms with Gasteiger partial charge < -0.3 is 5.11 Å². The normalized spacial score (nSPS) is 12.9. The van der Waals surface area contributed by atoms with Crippen LogP contribution in [0.5, 0.6) is 0 Å². The van der Waals surface area contributed by atoms with Crippen molar-refractivity contribution in [2.24, 2.45) is 7.05 Å². The molecule has 0 amide bonds. The number of nitrogens with zero attached hydrogens (tertiary/aromatic N) is 2. The Kier molecular flexibility index (Phi) is 3.18. The van der Waals surface area contributed by atoms with E-state index in [0.717, 1.165) is 12.0 Å². The molecule has 0 fully saturated rings. The molecule has 0 aliphatic carbocycles. The van der Waals surface area contributed by atoms with Crippen molar-refractivity contribution in [3.05, 3.63) is 40.3 Å². The Morgan fingerprint density at radius 3 is 3.00 bits per heavy atom. The van der Waals surface area contributed by atoms with Crippen LogP contribution in [0.2, 0.25) is 0 Å². The van der Waals surface area contributed by atoms with E-state index in [9.17, 15) is 5.11 Å². The number of hydrogen-bond donors (Lipinski definition) is 1. The molecule has 1 atom stereocenters. The Morgan fingerprint density at radius 1 is 1.53 bits per heavy atom. The van der Waals surface area contributed by atoms with E-state index in [1.807, 2.05) is 24.7 Å². The molecule has 3 nitrogen and oxygen atoms in total. The Bertz CT molecular complexity index is 408. The van der Waals surface area contributed by atoms with Gasteiger partial charge in [-0.05, 0) is 17.0 Å². The number of aromatic nitrogens is 2. The maximum absolute atomic E-state index is 9.85. The summed E-state index contributed by atoms with van der Waals surface area (Å²) < 4.78 is 1.76. The van der Waals surface area contributed by atoms with Crippen LogP contribution >= 0.6 is 11.3 Å². The average molecular weight is 222 g/mol. The van der Waals surface area contributed by atoms with Gasteiger partial charge in [0.05, 0.1) is 12.3 Å². The van der Waals surface area contributed by atoms with Crippen molar-refractivity contribution in [1.29, 1.82) is 0 Å². The maximum atomic E-state index is 9.85. The zero-order valence-corrected chi connectivity index (χ0v) is 9.44. The Hall–Kier alpha value is -1.13. The zero-order chi connectivity index (χ0) is 10.7. The molecule has 0 aliphatic rings. The number of hydrogen-bond acceptors (Lipinski definition) is 3. The molecule has 0 bridgehead atoms. The lowest BCUT2D eigenvalue weighted by atomic mass is 10.1. The van der Waals surface area contributed by atoms with Gasteiger partial charge in [0.1, 0.15) is 0 Å². The van der Waals surface area contributed by atoms with Crippen molar-refractivity contribution in [3.8, 4) is 0 Å². The summed E-state index contributed by atoms with van der Waals surface area (Å²) >= 11 is 1.69. The van der Waals surface area contributed by atoms with Crippen molar-refractivity contribution in [2.75, 3.05) is 0 Å². The first-order valence-corrected chi connectivity index (χ1v) is 5.80. The molecule has 0 spiro atoms. The summed E-state index contributed by atoms with van der Waals surface area (Å²) in [7, 11) is 1.88. The highest BCUT2D eigenvalue weighted by Gasteiger charge is 2.08. The summed E-state index contributed by atoms with van der Waals surface area (Å²) in [6.07, 6.45) is 4.83. The van der Waals surface area contributed by atoms with E-state index in [1.165, 1.54) is 4.88 Å². The predicted octanol–water partition coefficient (Wildman–Crippen LogP) is 1.63. The largest absolute Gasteiger partial charge is 0.392 e. The minimum absolute atomic E-state index is 0.312. The van der Waals surface area contributed by atoms with E-state index >= 15 is 0 Å². The second kappa shape index (κ2) is 4.59. The van der Waals surface area contributed by atoms with Gasteiger partial charge in [-0.25, -0.2) is 0 Å². The van der Waals surface area contributed by atoms with Crippen LogP contribution in [0, 0.1) is 0 Å². The summed E-state index contributed by atoms with van der Waals surface area (Å²) in [5.74, 6) is 0. The van der Waals surface area contributed by atoms with E-state index in [4.69, 9.17) is 0 Å². The smallest absolute Gasteiger partial charge is 0.0629 e.